The molecular weight excluding hydrogens is 521 g/mol. The Labute approximate surface area is 222 Å². The number of hydrogen-bond acceptors (Lipinski definition) is 6. The lowest BCUT2D eigenvalue weighted by molar-refractivity contribution is -0.133. The minimum atomic E-state index is -0.520. The van der Waals surface area contributed by atoms with Gasteiger partial charge in [-0.05, 0) is 44.2 Å². The number of rotatable bonds is 8. The summed E-state index contributed by atoms with van der Waals surface area (Å²) in [7, 11) is 0. The van der Waals surface area contributed by atoms with Crippen LogP contribution < -0.4 is 22.3 Å². The number of halogens is 3. The lowest BCUT2D eigenvalue weighted by Crippen LogP contribution is -2.47. The van der Waals surface area contributed by atoms with Gasteiger partial charge in [0.2, 0.25) is 5.91 Å². The molecule has 34 heavy (non-hydrogen) atoms. The van der Waals surface area contributed by atoms with Crippen molar-refractivity contribution in [2.24, 2.45) is 11.5 Å². The molecule has 0 bridgehead atoms. The minimum Gasteiger partial charge on any atom is -0.370 e. The van der Waals surface area contributed by atoms with E-state index in [4.69, 9.17) is 16.9 Å². The second kappa shape index (κ2) is 15.3. The van der Waals surface area contributed by atoms with Crippen molar-refractivity contribution in [3.8, 4) is 0 Å². The summed E-state index contributed by atoms with van der Waals surface area (Å²) in [4.78, 5) is 34.3. The first-order valence-electron chi connectivity index (χ1n) is 10.6. The highest BCUT2D eigenvalue weighted by atomic mass is 35.5. The van der Waals surface area contributed by atoms with Crippen molar-refractivity contribution < 1.29 is 4.79 Å². The second-order valence-corrected chi connectivity index (χ2v) is 9.20. The number of carbonyl (C=O) groups is 1. The smallest absolute Gasteiger partial charge is 0.258 e. The van der Waals surface area contributed by atoms with Crippen molar-refractivity contribution in [2.45, 2.75) is 49.7 Å². The van der Waals surface area contributed by atoms with Crippen LogP contribution in [-0.4, -0.2) is 57.7 Å². The molecule has 1 aliphatic heterocycles. The fourth-order valence-electron chi connectivity index (χ4n) is 3.76. The van der Waals surface area contributed by atoms with Crippen molar-refractivity contribution in [1.82, 2.24) is 20.2 Å². The third-order valence-corrected chi connectivity index (χ3v) is 6.90. The van der Waals surface area contributed by atoms with Gasteiger partial charge >= 0.3 is 0 Å². The first-order chi connectivity index (χ1) is 14.8. The molecule has 1 aromatic carbocycles. The minimum absolute atomic E-state index is 0. The molecule has 2 aromatic rings. The maximum atomic E-state index is 12.6. The van der Waals surface area contributed by atoms with Gasteiger partial charge in [-0.2, -0.15) is 11.8 Å². The molecule has 0 spiro atoms. The number of likely N-dealkylation sites (tertiary alicyclic amines) is 1. The Kier molecular flexibility index (Phi) is 14.5. The maximum absolute atomic E-state index is 12.6. The first kappa shape index (κ1) is 32.3. The van der Waals surface area contributed by atoms with Crippen molar-refractivity contribution in [3.63, 3.8) is 0 Å². The fraction of sp³-hybridized carbons (Fsp3) is 0.524. The van der Waals surface area contributed by atoms with E-state index in [1.54, 1.807) is 17.8 Å². The van der Waals surface area contributed by atoms with Gasteiger partial charge < -0.3 is 26.7 Å². The highest BCUT2D eigenvalue weighted by Crippen LogP contribution is 2.26. The van der Waals surface area contributed by atoms with Crippen LogP contribution in [0.1, 0.15) is 37.1 Å². The summed E-state index contributed by atoms with van der Waals surface area (Å²) in [5.41, 5.74) is 13.0. The molecule has 1 aromatic heterocycles. The van der Waals surface area contributed by atoms with E-state index in [2.05, 4.69) is 15.3 Å². The van der Waals surface area contributed by atoms with E-state index in [1.165, 1.54) is 0 Å². The van der Waals surface area contributed by atoms with Crippen LogP contribution in [0.5, 0.6) is 0 Å². The highest BCUT2D eigenvalue weighted by Gasteiger charge is 2.26. The molecule has 1 saturated heterocycles. The average molecular weight is 555 g/mol. The highest BCUT2D eigenvalue weighted by molar-refractivity contribution is 7.99. The van der Waals surface area contributed by atoms with Crippen molar-refractivity contribution >= 4 is 71.8 Å². The predicted molar refractivity (Wildman–Crippen MR) is 147 cm³/mol. The normalized spacial score (nSPS) is 14.4. The van der Waals surface area contributed by atoms with Crippen LogP contribution in [0.15, 0.2) is 23.0 Å². The topological polar surface area (TPSA) is 154 Å². The number of aromatic amines is 1. The van der Waals surface area contributed by atoms with Gasteiger partial charge in [0.05, 0.1) is 22.7 Å². The first-order valence-corrected chi connectivity index (χ1v) is 11.6. The lowest BCUT2D eigenvalue weighted by Gasteiger charge is -2.33. The number of H-pyrrole nitrogens is 1. The Balaban J connectivity index is 0.00000363. The summed E-state index contributed by atoms with van der Waals surface area (Å²) in [5.74, 6) is 1.25. The number of hydrogen-bond donors (Lipinski definition) is 5. The van der Waals surface area contributed by atoms with Gasteiger partial charge in [-0.25, -0.2) is 4.98 Å². The van der Waals surface area contributed by atoms with E-state index in [1.807, 2.05) is 24.0 Å². The molecule has 9 nitrogen and oxygen atoms in total. The largest absolute Gasteiger partial charge is 0.370 e. The lowest BCUT2D eigenvalue weighted by atomic mass is 10.1. The number of benzene rings is 1. The quantitative estimate of drug-likeness (QED) is 0.191. The van der Waals surface area contributed by atoms with Gasteiger partial charge in [-0.15, -0.1) is 37.2 Å². The molecule has 192 valence electrons. The molecule has 1 fully saturated rings. The molecule has 13 heteroatoms. The maximum Gasteiger partial charge on any atom is 0.258 e. The van der Waals surface area contributed by atoms with Crippen LogP contribution >= 0.6 is 49.0 Å². The van der Waals surface area contributed by atoms with Crippen LogP contribution in [-0.2, 0) is 10.5 Å². The molecule has 7 N–H and O–H groups in total. The fourth-order valence-corrected chi connectivity index (χ4v) is 4.84. The van der Waals surface area contributed by atoms with Gasteiger partial charge in [-0.1, -0.05) is 12.1 Å². The number of guanidine groups is 1. The number of fused-ring (bicyclic) bond motifs is 1. The van der Waals surface area contributed by atoms with Crippen LogP contribution in [0, 0.1) is 12.3 Å². The monoisotopic (exact) mass is 553 g/mol. The zero-order valence-corrected chi connectivity index (χ0v) is 22.3. The van der Waals surface area contributed by atoms with E-state index in [0.29, 0.717) is 54.7 Å². The number of amides is 1. The van der Waals surface area contributed by atoms with Crippen molar-refractivity contribution in [3.05, 3.63) is 39.9 Å². The molecule has 1 aliphatic rings. The molecule has 0 radical (unpaired) electrons. The van der Waals surface area contributed by atoms with E-state index in [-0.39, 0.29) is 54.6 Å². The third-order valence-electron chi connectivity index (χ3n) is 5.52. The van der Waals surface area contributed by atoms with Crippen LogP contribution in [0.25, 0.3) is 10.9 Å². The number of aryl methyl sites for hydroxylation is 1. The molecule has 0 saturated carbocycles. The number of carbonyl (C=O) groups excluding carboxylic acids is 1. The molecular formula is C21H34Cl3N7O2S. The Bertz CT molecular complexity index is 1000. The predicted octanol–water partition coefficient (Wildman–Crippen LogP) is 2.31. The van der Waals surface area contributed by atoms with E-state index in [9.17, 15) is 9.59 Å². The molecule has 0 aliphatic carbocycles. The number of para-hydroxylation sites is 1. The Morgan fingerprint density at radius 3 is 2.65 bits per heavy atom. The SMILES string of the molecule is Cc1cccc2c(=O)[nH]c(CSC3CCN(C(=O)[C@H](N)CCCNC(=N)N)CC3)nc12.Cl.Cl.Cl. The van der Waals surface area contributed by atoms with Crippen molar-refractivity contribution in [2.75, 3.05) is 19.6 Å². The number of nitrogens with zero attached hydrogens (tertiary/aromatic N) is 2. The van der Waals surface area contributed by atoms with Gasteiger partial charge in [0.1, 0.15) is 5.82 Å². The zero-order valence-electron chi connectivity index (χ0n) is 19.0. The van der Waals surface area contributed by atoms with Crippen molar-refractivity contribution in [1.29, 1.82) is 5.41 Å². The molecule has 3 rings (SSSR count). The summed E-state index contributed by atoms with van der Waals surface area (Å²) < 4.78 is 0. The van der Waals surface area contributed by atoms with Gasteiger partial charge in [0.15, 0.2) is 5.96 Å². The average Bonchev–Trinajstić information content (AvgIpc) is 2.75. The number of nitrogens with one attached hydrogen (secondary N) is 3. The molecule has 0 unspecified atom stereocenters. The number of aromatic nitrogens is 2. The van der Waals surface area contributed by atoms with Crippen LogP contribution in [0.4, 0.5) is 0 Å². The summed E-state index contributed by atoms with van der Waals surface area (Å²) in [6.45, 7) is 3.88. The van der Waals surface area contributed by atoms with Crippen LogP contribution in [0.2, 0.25) is 0 Å². The number of piperidine rings is 1. The van der Waals surface area contributed by atoms with Gasteiger partial charge in [-0.3, -0.25) is 15.0 Å². The summed E-state index contributed by atoms with van der Waals surface area (Å²) >= 11 is 1.77. The summed E-state index contributed by atoms with van der Waals surface area (Å²) in [6, 6.07) is 5.10. The molecule has 1 atom stereocenters. The third kappa shape index (κ3) is 8.81. The van der Waals surface area contributed by atoms with E-state index >= 15 is 0 Å². The Morgan fingerprint density at radius 2 is 2.00 bits per heavy atom. The zero-order chi connectivity index (χ0) is 22.4. The molecule has 1 amide bonds. The van der Waals surface area contributed by atoms with E-state index < -0.39 is 6.04 Å². The van der Waals surface area contributed by atoms with Gasteiger partial charge in [0, 0.05) is 24.9 Å². The number of thioether (sulfide) groups is 1. The summed E-state index contributed by atoms with van der Waals surface area (Å²) in [5, 5.41) is 10.9. The van der Waals surface area contributed by atoms with E-state index in [0.717, 1.165) is 23.9 Å². The number of nitrogens with two attached hydrogens (primary N) is 2. The Hall–Kier alpha value is -1.72. The van der Waals surface area contributed by atoms with Gasteiger partial charge in [0.25, 0.3) is 5.56 Å². The van der Waals surface area contributed by atoms with Crippen LogP contribution in [0.3, 0.4) is 0 Å². The Morgan fingerprint density at radius 1 is 1.32 bits per heavy atom. The second-order valence-electron chi connectivity index (χ2n) is 7.91. The molecule has 2 heterocycles. The summed E-state index contributed by atoms with van der Waals surface area (Å²) in [6.07, 6.45) is 3.04. The standard InChI is InChI=1S/C21H31N7O2S.3ClH/c1-13-4-2-5-15-18(13)26-17(27-19(15)29)12-31-14-7-10-28(11-8-14)20(30)16(22)6-3-9-25-21(23)24;;;/h2,4-5,14,16H,3,6-12,22H2,1H3,(H4,23,24,25)(H,26,27,29);3*1H/t16-;;;/m1.../s1.